The minimum absolute atomic E-state index is 0.0615. The molecular formula is C56H46N4O8. The molecule has 3 aromatic heterocycles. The molecular weight excluding hydrogens is 857 g/mol. The van der Waals surface area contributed by atoms with Crippen molar-refractivity contribution in [3.63, 3.8) is 0 Å². The number of nitrogens with zero attached hydrogens (tertiary/aromatic N) is 2. The first-order valence-corrected chi connectivity index (χ1v) is 21.6. The predicted octanol–water partition coefficient (Wildman–Crippen LogP) is 12.4. The molecule has 0 radical (unpaired) electrons. The first-order chi connectivity index (χ1) is 33.2. The maximum absolute atomic E-state index is 11.7. The van der Waals surface area contributed by atoms with Gasteiger partial charge in [0.05, 0.1) is 22.8 Å². The van der Waals surface area contributed by atoms with E-state index in [1.54, 1.807) is 97.1 Å². The summed E-state index contributed by atoms with van der Waals surface area (Å²) >= 11 is 0. The number of phenols is 4. The Hall–Kier alpha value is -9.16. The zero-order chi connectivity index (χ0) is 47.3. The first-order valence-electron chi connectivity index (χ1n) is 21.6. The molecule has 4 aromatic carbocycles. The number of hydrogen-bond acceptors (Lipinski definition) is 10. The Labute approximate surface area is 391 Å². The summed E-state index contributed by atoms with van der Waals surface area (Å²) in [7, 11) is 0. The smallest absolute Gasteiger partial charge is 0.127 e. The number of aromatic amines is 2. The minimum Gasteiger partial charge on any atom is -0.507 e. The number of rotatable bonds is 16. The average molecular weight is 903 g/mol. The highest BCUT2D eigenvalue weighted by Gasteiger charge is 2.23. The second kappa shape index (κ2) is 19.1. The summed E-state index contributed by atoms with van der Waals surface area (Å²) in [6.07, 6.45) is 13.9. The lowest BCUT2D eigenvalue weighted by atomic mass is 10.0. The van der Waals surface area contributed by atoms with Gasteiger partial charge in [0, 0.05) is 90.8 Å². The summed E-state index contributed by atoms with van der Waals surface area (Å²) in [4.78, 5) is 17.6. The van der Waals surface area contributed by atoms with Crippen LogP contribution in [0.4, 0.5) is 0 Å². The Balaban J connectivity index is 1.42. The van der Waals surface area contributed by atoms with Crippen LogP contribution in [0.3, 0.4) is 0 Å². The summed E-state index contributed by atoms with van der Waals surface area (Å²) in [5, 5.41) is 46.9. The number of H-pyrrole nitrogens is 2. The Morgan fingerprint density at radius 1 is 0.368 bits per heavy atom. The quantitative estimate of drug-likeness (QED) is 0.0512. The van der Waals surface area contributed by atoms with Crippen LogP contribution in [0.1, 0.15) is 22.8 Å². The van der Waals surface area contributed by atoms with Gasteiger partial charge in [-0.25, -0.2) is 9.97 Å². The van der Waals surface area contributed by atoms with Gasteiger partial charge in [-0.3, -0.25) is 0 Å². The van der Waals surface area contributed by atoms with Gasteiger partial charge < -0.3 is 49.3 Å². The highest BCUT2D eigenvalue weighted by molar-refractivity contribution is 6.01. The Morgan fingerprint density at radius 3 is 0.809 bits per heavy atom. The molecule has 6 N–H and O–H groups in total. The van der Waals surface area contributed by atoms with Crippen LogP contribution in [-0.2, 0) is 0 Å². The third kappa shape index (κ3) is 8.69. The second-order valence-corrected chi connectivity index (χ2v) is 15.6. The van der Waals surface area contributed by atoms with Gasteiger partial charge in [-0.2, -0.15) is 0 Å². The van der Waals surface area contributed by atoms with Crippen molar-refractivity contribution in [1.29, 1.82) is 0 Å². The van der Waals surface area contributed by atoms with E-state index in [0.717, 1.165) is 0 Å². The Kier molecular flexibility index (Phi) is 12.4. The summed E-state index contributed by atoms with van der Waals surface area (Å²) in [5.41, 5.74) is 8.25. The van der Waals surface area contributed by atoms with Crippen LogP contribution in [0.2, 0.25) is 0 Å². The SMILES string of the molecule is C=CCOc1ccc(-c2c3nc(c(-c4ccc(OCC=C)cc4O)c4ccc([nH]4)c(-c4ccc(OCC=C)cc4O)c4nc(c(-c5ccc(OCC=C)cc5O)c5ccc2[nH]5)C=C4)C=C3)c(O)c1. The Morgan fingerprint density at radius 2 is 0.603 bits per heavy atom. The number of nitrogens with one attached hydrogen (secondary N) is 2. The van der Waals surface area contributed by atoms with Crippen LogP contribution >= 0.6 is 0 Å². The number of benzene rings is 4. The number of hydrogen-bond donors (Lipinski definition) is 6. The first kappa shape index (κ1) is 44.1. The van der Waals surface area contributed by atoms with Crippen molar-refractivity contribution >= 4 is 46.4 Å². The van der Waals surface area contributed by atoms with E-state index in [2.05, 4.69) is 36.3 Å². The van der Waals surface area contributed by atoms with Crippen LogP contribution < -0.4 is 18.9 Å². The molecule has 12 heteroatoms. The zero-order valence-electron chi connectivity index (χ0n) is 36.8. The van der Waals surface area contributed by atoms with E-state index in [1.165, 1.54) is 0 Å². The zero-order valence-corrected chi connectivity index (χ0v) is 36.8. The fourth-order valence-electron chi connectivity index (χ4n) is 8.21. The monoisotopic (exact) mass is 902 g/mol. The second-order valence-electron chi connectivity index (χ2n) is 15.6. The van der Waals surface area contributed by atoms with Crippen molar-refractivity contribution in [2.24, 2.45) is 0 Å². The van der Waals surface area contributed by atoms with Gasteiger partial charge in [0.1, 0.15) is 72.4 Å². The van der Waals surface area contributed by atoms with Gasteiger partial charge in [-0.15, -0.1) is 0 Å². The van der Waals surface area contributed by atoms with Crippen molar-refractivity contribution in [2.75, 3.05) is 26.4 Å². The van der Waals surface area contributed by atoms with E-state index in [0.29, 0.717) is 112 Å². The van der Waals surface area contributed by atoms with E-state index >= 15 is 0 Å². The topological polar surface area (TPSA) is 175 Å². The van der Waals surface area contributed by atoms with Crippen LogP contribution in [-0.4, -0.2) is 66.8 Å². The molecule has 0 saturated carbocycles. The molecule has 0 atom stereocenters. The molecule has 0 spiro atoms. The van der Waals surface area contributed by atoms with Gasteiger partial charge in [0.2, 0.25) is 0 Å². The van der Waals surface area contributed by atoms with Gasteiger partial charge in [0.25, 0.3) is 0 Å². The normalized spacial score (nSPS) is 11.5. The maximum atomic E-state index is 11.7. The maximum Gasteiger partial charge on any atom is 0.127 e. The van der Waals surface area contributed by atoms with Crippen LogP contribution in [0.25, 0.3) is 90.9 Å². The van der Waals surface area contributed by atoms with Gasteiger partial charge in [-0.1, -0.05) is 50.6 Å². The molecule has 0 unspecified atom stereocenters. The van der Waals surface area contributed by atoms with E-state index < -0.39 is 0 Å². The molecule has 2 aliphatic heterocycles. The fraction of sp³-hybridized carbons (Fsp3) is 0.0714. The largest absolute Gasteiger partial charge is 0.507 e. The van der Waals surface area contributed by atoms with Gasteiger partial charge >= 0.3 is 0 Å². The number of aromatic hydroxyl groups is 4. The molecule has 5 heterocycles. The standard InChI is InChI=1S/C56H46N4O8/c1-5-25-65-33-9-13-37(49(61)29-33)53-41-17-19-43(57-41)54(38-14-10-34(30-50(38)62)66-26-6-2)45-21-23-47(59-45)56(40-16-12-36(32-52(40)64)68-28-8-4)48-24-22-46(60-48)55(44-20-18-42(53)58-44)39-15-11-35(31-51(39)63)67-27-7-3/h5-24,29-32,57,60-64H,1-4,25-28H2. The fourth-order valence-corrected chi connectivity index (χ4v) is 8.21. The Bertz CT molecular complexity index is 2960. The van der Waals surface area contributed by atoms with E-state index in [9.17, 15) is 20.4 Å². The van der Waals surface area contributed by atoms with Gasteiger partial charge in [0.15, 0.2) is 0 Å². The molecule has 0 fully saturated rings. The lowest BCUT2D eigenvalue weighted by molar-refractivity contribution is 0.360. The highest BCUT2D eigenvalue weighted by Crippen LogP contribution is 2.45. The molecule has 0 aliphatic carbocycles. The molecule has 68 heavy (non-hydrogen) atoms. The van der Waals surface area contributed by atoms with E-state index in [-0.39, 0.29) is 49.4 Å². The van der Waals surface area contributed by atoms with Crippen LogP contribution in [0, 0.1) is 0 Å². The average Bonchev–Trinajstić information content (AvgIpc) is 4.19. The molecule has 9 rings (SSSR count). The third-order valence-electron chi connectivity index (χ3n) is 11.2. The predicted molar refractivity (Wildman–Crippen MR) is 270 cm³/mol. The van der Waals surface area contributed by atoms with Gasteiger partial charge in [-0.05, 0) is 97.1 Å². The van der Waals surface area contributed by atoms with E-state index in [4.69, 9.17) is 28.9 Å². The molecule has 2 aliphatic rings. The lowest BCUT2D eigenvalue weighted by Crippen LogP contribution is -1.94. The summed E-state index contributed by atoms with van der Waals surface area (Å²) in [5.74, 6) is 1.55. The van der Waals surface area contributed by atoms with Crippen molar-refractivity contribution in [3.05, 3.63) is 170 Å². The summed E-state index contributed by atoms with van der Waals surface area (Å²) in [6.45, 7) is 15.9. The van der Waals surface area contributed by atoms with Crippen LogP contribution in [0.5, 0.6) is 46.0 Å². The number of fused-ring (bicyclic) bond motifs is 8. The molecule has 0 amide bonds. The molecule has 7 aromatic rings. The number of phenolic OH excluding ortho intramolecular Hbond substituents is 4. The van der Waals surface area contributed by atoms with Crippen molar-refractivity contribution < 1.29 is 39.4 Å². The minimum atomic E-state index is -0.0615. The number of ether oxygens (including phenoxy) is 4. The summed E-state index contributed by atoms with van der Waals surface area (Å²) in [6, 6.07) is 27.8. The van der Waals surface area contributed by atoms with Crippen molar-refractivity contribution in [3.8, 4) is 90.5 Å². The van der Waals surface area contributed by atoms with E-state index in [1.807, 2.05) is 48.6 Å². The number of aromatic nitrogens is 4. The molecule has 8 bridgehead atoms. The highest BCUT2D eigenvalue weighted by atomic mass is 16.5. The summed E-state index contributed by atoms with van der Waals surface area (Å²) < 4.78 is 23.1. The lowest BCUT2D eigenvalue weighted by Gasteiger charge is -2.11. The van der Waals surface area contributed by atoms with Crippen LogP contribution in [0.15, 0.2) is 148 Å². The molecule has 0 saturated heterocycles. The van der Waals surface area contributed by atoms with Crippen molar-refractivity contribution in [2.45, 2.75) is 0 Å². The molecule has 12 nitrogen and oxygen atoms in total. The third-order valence-corrected chi connectivity index (χ3v) is 11.2. The molecule has 338 valence electrons. The van der Waals surface area contributed by atoms with Crippen molar-refractivity contribution in [1.82, 2.24) is 19.9 Å².